The number of amides is 2. The number of hydrogen-bond donors (Lipinski definition) is 2. The van der Waals surface area contributed by atoms with E-state index in [4.69, 9.17) is 26.6 Å². The molecule has 0 bridgehead atoms. The zero-order valence-electron chi connectivity index (χ0n) is 27.1. The van der Waals surface area contributed by atoms with Gasteiger partial charge in [-0.1, -0.05) is 0 Å². The summed E-state index contributed by atoms with van der Waals surface area (Å²) in [5.74, 6) is -0.463. The molecule has 0 unspecified atom stereocenters. The van der Waals surface area contributed by atoms with Gasteiger partial charge in [-0.2, -0.15) is 0 Å². The second kappa shape index (κ2) is 20.5. The summed E-state index contributed by atoms with van der Waals surface area (Å²) >= 11 is 0. The number of pyridine rings is 2. The number of aromatic nitrogens is 2. The zero-order chi connectivity index (χ0) is 32.3. The molecule has 0 spiro atoms. The quantitative estimate of drug-likeness (QED) is 0.131. The molecule has 0 atom stereocenters. The molecule has 2 amide bonds. The molecule has 44 heavy (non-hydrogen) atoms. The van der Waals surface area contributed by atoms with Crippen LogP contribution in [0.2, 0.25) is 12.1 Å². The lowest BCUT2D eigenvalue weighted by molar-refractivity contribution is 0.0698. The van der Waals surface area contributed by atoms with Crippen molar-refractivity contribution >= 4 is 29.4 Å². The predicted molar refractivity (Wildman–Crippen MR) is 172 cm³/mol. The van der Waals surface area contributed by atoms with Crippen LogP contribution >= 0.6 is 0 Å². The molecule has 2 aromatic rings. The average molecular weight is 651 g/mol. The van der Waals surface area contributed by atoms with Crippen LogP contribution in [0, 0.1) is 0 Å². The maximum Gasteiger partial charge on any atom is 0.500 e. The molecule has 2 N–H and O–H groups in total. The zero-order valence-corrected chi connectivity index (χ0v) is 29.1. The minimum atomic E-state index is -2.76. The first-order valence-corrected chi connectivity index (χ1v) is 19.5. The molecular weight excluding hydrogens is 601 g/mol. The van der Waals surface area contributed by atoms with Crippen LogP contribution in [0.1, 0.15) is 75.1 Å². The minimum Gasteiger partial charge on any atom is -0.374 e. The molecule has 14 heteroatoms. The largest absolute Gasteiger partial charge is 0.500 e. The number of rotatable bonds is 23. The highest BCUT2D eigenvalue weighted by molar-refractivity contribution is 6.61. The van der Waals surface area contributed by atoms with Crippen molar-refractivity contribution in [2.75, 3.05) is 52.7 Å². The van der Waals surface area contributed by atoms with Gasteiger partial charge in [-0.15, -0.1) is 0 Å². The van der Waals surface area contributed by atoms with E-state index in [0.717, 1.165) is 0 Å². The van der Waals surface area contributed by atoms with Gasteiger partial charge in [-0.3, -0.25) is 19.6 Å². The number of hydrogen-bond acceptors (Lipinski definition) is 10. The van der Waals surface area contributed by atoms with Gasteiger partial charge in [-0.05, 0) is 78.6 Å². The van der Waals surface area contributed by atoms with E-state index >= 15 is 0 Å². The van der Waals surface area contributed by atoms with Crippen molar-refractivity contribution in [1.29, 1.82) is 0 Å². The standard InChI is InChI=1S/C30H50N4O8Si2/c1-7-37-43(38-8-2,39-9-3)21-13-17-33-29(35)25-15-19-31-27(23-25)28-24-26(16-20-32-28)30(36)34-18-14-22-44(40-10-4,41-11-5)42-12-6/h15-16,19-20,23-24H,7-14,17-18,21-22H2,1-6H3,(H,33,35)(H,34,36). The van der Waals surface area contributed by atoms with Gasteiger partial charge in [0.1, 0.15) is 0 Å². The van der Waals surface area contributed by atoms with Crippen molar-refractivity contribution in [3.8, 4) is 11.4 Å². The first kappa shape index (κ1) is 37.6. The maximum atomic E-state index is 12.9. The Morgan fingerprint density at radius 3 is 1.20 bits per heavy atom. The molecule has 0 aromatic carbocycles. The second-order valence-corrected chi connectivity index (χ2v) is 15.0. The summed E-state index contributed by atoms with van der Waals surface area (Å²) in [7, 11) is -5.52. The summed E-state index contributed by atoms with van der Waals surface area (Å²) in [5, 5.41) is 5.90. The molecule has 0 radical (unpaired) electrons. The van der Waals surface area contributed by atoms with Gasteiger partial charge in [0.15, 0.2) is 0 Å². The Morgan fingerprint density at radius 1 is 0.591 bits per heavy atom. The fraction of sp³-hybridized carbons (Fsp3) is 0.600. The lowest BCUT2D eigenvalue weighted by Gasteiger charge is -2.28. The van der Waals surface area contributed by atoms with E-state index in [1.54, 1.807) is 36.7 Å². The van der Waals surface area contributed by atoms with Crippen LogP contribution in [0.15, 0.2) is 36.7 Å². The Morgan fingerprint density at radius 2 is 0.909 bits per heavy atom. The van der Waals surface area contributed by atoms with Crippen LogP contribution in [-0.4, -0.2) is 92.1 Å². The molecule has 0 saturated carbocycles. The summed E-state index contributed by atoms with van der Waals surface area (Å²) in [5.41, 5.74) is 1.87. The van der Waals surface area contributed by atoms with Gasteiger partial charge in [0.25, 0.3) is 11.8 Å². The van der Waals surface area contributed by atoms with Crippen molar-refractivity contribution in [3.05, 3.63) is 47.8 Å². The molecule has 0 aliphatic heterocycles. The van der Waals surface area contributed by atoms with Crippen molar-refractivity contribution in [2.24, 2.45) is 0 Å². The molecule has 2 heterocycles. The van der Waals surface area contributed by atoms with Crippen LogP contribution in [0.5, 0.6) is 0 Å². The van der Waals surface area contributed by atoms with Crippen molar-refractivity contribution in [2.45, 2.75) is 66.5 Å². The number of nitrogens with zero attached hydrogens (tertiary/aromatic N) is 2. The summed E-state index contributed by atoms with van der Waals surface area (Å²) < 4.78 is 35.3. The van der Waals surface area contributed by atoms with Gasteiger partial charge in [0.05, 0.1) is 11.4 Å². The summed E-state index contributed by atoms with van der Waals surface area (Å²) in [6, 6.07) is 7.84. The Kier molecular flexibility index (Phi) is 17.5. The smallest absolute Gasteiger partial charge is 0.374 e. The van der Waals surface area contributed by atoms with E-state index < -0.39 is 17.6 Å². The summed E-state index contributed by atoms with van der Waals surface area (Å²) in [6.07, 6.45) is 4.42. The van der Waals surface area contributed by atoms with E-state index in [9.17, 15) is 9.59 Å². The molecule has 246 valence electrons. The van der Waals surface area contributed by atoms with Gasteiger partial charge in [0, 0.05) is 88.3 Å². The normalized spacial score (nSPS) is 11.9. The van der Waals surface area contributed by atoms with Crippen molar-refractivity contribution in [1.82, 2.24) is 20.6 Å². The molecule has 2 aromatic heterocycles. The lowest BCUT2D eigenvalue weighted by Crippen LogP contribution is -2.46. The van der Waals surface area contributed by atoms with Crippen LogP contribution in [0.4, 0.5) is 0 Å². The van der Waals surface area contributed by atoms with Crippen LogP contribution in [0.3, 0.4) is 0 Å². The Balaban J connectivity index is 1.97. The Bertz CT molecular complexity index is 1020. The maximum absolute atomic E-state index is 12.9. The molecule has 0 fully saturated rings. The van der Waals surface area contributed by atoms with Gasteiger partial charge in [0.2, 0.25) is 0 Å². The molecule has 12 nitrogen and oxygen atoms in total. The number of nitrogens with one attached hydrogen (secondary N) is 2. The summed E-state index contributed by atoms with van der Waals surface area (Å²) in [6.45, 7) is 15.4. The van der Waals surface area contributed by atoms with Crippen LogP contribution in [-0.2, 0) is 26.6 Å². The van der Waals surface area contributed by atoms with Crippen molar-refractivity contribution < 1.29 is 36.1 Å². The van der Waals surface area contributed by atoms with Crippen LogP contribution < -0.4 is 10.6 Å². The Labute approximate surface area is 264 Å². The first-order chi connectivity index (χ1) is 21.3. The van der Waals surface area contributed by atoms with E-state index in [1.807, 2.05) is 41.5 Å². The fourth-order valence-corrected chi connectivity index (χ4v) is 9.87. The average Bonchev–Trinajstić information content (AvgIpc) is 3.02. The third-order valence-corrected chi connectivity index (χ3v) is 12.7. The molecule has 0 aliphatic carbocycles. The SMILES string of the molecule is CCO[Si](CCCNC(=O)c1ccnc(-c2cc(C(=O)NCCC[Si](OCC)(OCC)OCC)ccn2)c1)(OCC)OCC. The van der Waals surface area contributed by atoms with Gasteiger partial charge < -0.3 is 37.2 Å². The predicted octanol–water partition coefficient (Wildman–Crippen LogP) is 4.48. The lowest BCUT2D eigenvalue weighted by atomic mass is 10.1. The van der Waals surface area contributed by atoms with Gasteiger partial charge >= 0.3 is 17.6 Å². The van der Waals surface area contributed by atoms with E-state index in [-0.39, 0.29) is 11.8 Å². The fourth-order valence-electron chi connectivity index (χ4n) is 4.64. The third-order valence-electron chi connectivity index (χ3n) is 6.38. The molecule has 0 saturated heterocycles. The molecule has 2 rings (SSSR count). The second-order valence-electron chi connectivity index (χ2n) is 9.54. The third kappa shape index (κ3) is 12.1. The number of carbonyl (C=O) groups is 2. The number of carbonyl (C=O) groups excluding carboxylic acids is 2. The van der Waals surface area contributed by atoms with Gasteiger partial charge in [-0.25, -0.2) is 0 Å². The minimum absolute atomic E-state index is 0.232. The molecule has 0 aliphatic rings. The highest BCUT2D eigenvalue weighted by atomic mass is 28.4. The van der Waals surface area contributed by atoms with E-state index in [2.05, 4.69) is 20.6 Å². The van der Waals surface area contributed by atoms with Crippen LogP contribution in [0.25, 0.3) is 11.4 Å². The highest BCUT2D eigenvalue weighted by Crippen LogP contribution is 2.20. The highest BCUT2D eigenvalue weighted by Gasteiger charge is 2.40. The topological polar surface area (TPSA) is 139 Å². The summed E-state index contributed by atoms with van der Waals surface area (Å²) in [4.78, 5) is 34.6. The Hall–Kier alpha value is -2.57. The first-order valence-electron chi connectivity index (χ1n) is 15.6. The van der Waals surface area contributed by atoms with E-state index in [1.165, 1.54) is 0 Å². The monoisotopic (exact) mass is 650 g/mol. The van der Waals surface area contributed by atoms with E-state index in [0.29, 0.717) is 100 Å². The van der Waals surface area contributed by atoms with Crippen molar-refractivity contribution in [3.63, 3.8) is 0 Å². The molecular formula is C30H50N4O8Si2.